The molecule has 116 valence electrons. The molecule has 0 atom stereocenters. The van der Waals surface area contributed by atoms with Gasteiger partial charge in [0.2, 0.25) is 5.76 Å². The van der Waals surface area contributed by atoms with Crippen LogP contribution in [0.25, 0.3) is 0 Å². The van der Waals surface area contributed by atoms with Crippen molar-refractivity contribution in [2.75, 3.05) is 11.5 Å². The Balaban J connectivity index is 2.05. The van der Waals surface area contributed by atoms with Crippen molar-refractivity contribution < 1.29 is 13.9 Å². The molecule has 0 bridgehead atoms. The lowest BCUT2D eigenvalue weighted by molar-refractivity contribution is 0.0967. The first-order valence-electron chi connectivity index (χ1n) is 7.32. The van der Waals surface area contributed by atoms with E-state index in [9.17, 15) is 4.79 Å². The summed E-state index contributed by atoms with van der Waals surface area (Å²) in [5, 5.41) is 0. The Bertz CT molecular complexity index is 730. The fraction of sp³-hybridized carbons (Fsp3) is 0.111. The molecule has 0 fully saturated rings. The van der Waals surface area contributed by atoms with Crippen molar-refractivity contribution in [3.8, 4) is 5.75 Å². The summed E-state index contributed by atoms with van der Waals surface area (Å²) in [7, 11) is 0. The topological polar surface area (TPSA) is 55.6 Å². The minimum atomic E-state index is -0.330. The zero-order valence-corrected chi connectivity index (χ0v) is 12.7. The summed E-state index contributed by atoms with van der Waals surface area (Å²) >= 11 is 0. The fourth-order valence-electron chi connectivity index (χ4n) is 2.24. The third-order valence-electron chi connectivity index (χ3n) is 3.22. The highest BCUT2D eigenvalue weighted by Crippen LogP contribution is 2.29. The van der Waals surface area contributed by atoms with E-state index >= 15 is 0 Å². The largest absolute Gasteiger partial charge is 0.490 e. The second kappa shape index (κ2) is 6.79. The number of hydrogen-bond donors (Lipinski definition) is 0. The molecule has 23 heavy (non-hydrogen) atoms. The van der Waals surface area contributed by atoms with Crippen LogP contribution in [0, 0.1) is 0 Å². The van der Waals surface area contributed by atoms with Crippen molar-refractivity contribution in [3.63, 3.8) is 0 Å². The molecule has 1 aromatic carbocycles. The van der Waals surface area contributed by atoms with Crippen LogP contribution in [0.5, 0.6) is 5.75 Å². The standard InChI is InChI=1S/C18H16N2O3/c1-2-22-15-11-13-23-17(15)18(21)20(14-8-4-3-5-9-14)16-10-6-7-12-19-16/h3-13H,2H2,1H3. The van der Waals surface area contributed by atoms with E-state index in [1.54, 1.807) is 24.4 Å². The van der Waals surface area contributed by atoms with Crippen LogP contribution in [0.3, 0.4) is 0 Å². The third kappa shape index (κ3) is 3.08. The number of para-hydroxylation sites is 1. The number of nitrogens with zero attached hydrogens (tertiary/aromatic N) is 2. The molecule has 3 rings (SSSR count). The molecule has 0 aliphatic heterocycles. The van der Waals surface area contributed by atoms with Gasteiger partial charge in [0, 0.05) is 12.3 Å². The second-order valence-electron chi connectivity index (χ2n) is 4.71. The Hall–Kier alpha value is -3.08. The van der Waals surface area contributed by atoms with Crippen molar-refractivity contribution in [1.29, 1.82) is 0 Å². The Morgan fingerprint density at radius 1 is 1.13 bits per heavy atom. The van der Waals surface area contributed by atoms with Gasteiger partial charge in [0.1, 0.15) is 5.82 Å². The van der Waals surface area contributed by atoms with Gasteiger partial charge >= 0.3 is 5.91 Å². The quantitative estimate of drug-likeness (QED) is 0.713. The van der Waals surface area contributed by atoms with Gasteiger partial charge in [0.05, 0.1) is 18.6 Å². The van der Waals surface area contributed by atoms with Gasteiger partial charge < -0.3 is 9.15 Å². The number of hydrogen-bond acceptors (Lipinski definition) is 4. The summed E-state index contributed by atoms with van der Waals surface area (Å²) in [4.78, 5) is 18.8. The lowest BCUT2D eigenvalue weighted by Gasteiger charge is -2.21. The van der Waals surface area contributed by atoms with Gasteiger partial charge in [-0.05, 0) is 31.2 Å². The molecule has 0 saturated carbocycles. The van der Waals surface area contributed by atoms with E-state index in [0.29, 0.717) is 23.9 Å². The molecule has 0 spiro atoms. The smallest absolute Gasteiger partial charge is 0.303 e. The number of carbonyl (C=O) groups is 1. The SMILES string of the molecule is CCOc1ccoc1C(=O)N(c1ccccc1)c1ccccn1. The summed E-state index contributed by atoms with van der Waals surface area (Å²) in [5.74, 6) is 0.765. The lowest BCUT2D eigenvalue weighted by atomic mass is 10.2. The Morgan fingerprint density at radius 3 is 2.61 bits per heavy atom. The lowest BCUT2D eigenvalue weighted by Crippen LogP contribution is -2.26. The average Bonchev–Trinajstić information content (AvgIpc) is 3.06. The minimum Gasteiger partial charge on any atom is -0.490 e. The van der Waals surface area contributed by atoms with E-state index in [2.05, 4.69) is 4.98 Å². The Morgan fingerprint density at radius 2 is 1.91 bits per heavy atom. The number of ether oxygens (including phenoxy) is 1. The molecule has 2 aromatic heterocycles. The highest BCUT2D eigenvalue weighted by molar-refractivity contribution is 6.10. The normalized spacial score (nSPS) is 10.3. The highest BCUT2D eigenvalue weighted by atomic mass is 16.5. The van der Waals surface area contributed by atoms with Gasteiger partial charge in [-0.25, -0.2) is 4.98 Å². The predicted octanol–water partition coefficient (Wildman–Crippen LogP) is 4.05. The van der Waals surface area contributed by atoms with E-state index in [1.807, 2.05) is 43.3 Å². The first-order chi connectivity index (χ1) is 11.3. The van der Waals surface area contributed by atoms with Gasteiger partial charge in [-0.1, -0.05) is 24.3 Å². The molecule has 0 N–H and O–H groups in total. The number of rotatable bonds is 5. The number of furan rings is 1. The molecule has 5 nitrogen and oxygen atoms in total. The molecule has 0 aliphatic carbocycles. The maximum absolute atomic E-state index is 13.0. The number of pyridine rings is 1. The van der Waals surface area contributed by atoms with Crippen LogP contribution in [0.15, 0.2) is 71.5 Å². The van der Waals surface area contributed by atoms with E-state index < -0.39 is 0 Å². The van der Waals surface area contributed by atoms with E-state index in [4.69, 9.17) is 9.15 Å². The first-order valence-corrected chi connectivity index (χ1v) is 7.32. The second-order valence-corrected chi connectivity index (χ2v) is 4.71. The molecule has 5 heteroatoms. The predicted molar refractivity (Wildman–Crippen MR) is 87.0 cm³/mol. The van der Waals surface area contributed by atoms with Crippen molar-refractivity contribution in [2.45, 2.75) is 6.92 Å². The average molecular weight is 308 g/mol. The zero-order valence-electron chi connectivity index (χ0n) is 12.7. The van der Waals surface area contributed by atoms with Crippen molar-refractivity contribution in [1.82, 2.24) is 4.98 Å². The van der Waals surface area contributed by atoms with Crippen LogP contribution in [0.1, 0.15) is 17.5 Å². The van der Waals surface area contributed by atoms with Gasteiger partial charge in [-0.2, -0.15) is 0 Å². The van der Waals surface area contributed by atoms with Gasteiger partial charge in [0.25, 0.3) is 0 Å². The minimum absolute atomic E-state index is 0.154. The number of aromatic nitrogens is 1. The molecular formula is C18H16N2O3. The molecule has 2 heterocycles. The number of carbonyl (C=O) groups excluding carboxylic acids is 1. The van der Waals surface area contributed by atoms with Crippen LogP contribution in [0.4, 0.5) is 11.5 Å². The van der Waals surface area contributed by atoms with E-state index in [0.717, 1.165) is 0 Å². The van der Waals surface area contributed by atoms with Crippen LogP contribution in [-0.2, 0) is 0 Å². The third-order valence-corrected chi connectivity index (χ3v) is 3.22. The van der Waals surface area contributed by atoms with Crippen molar-refractivity contribution in [2.24, 2.45) is 0 Å². The molecule has 0 radical (unpaired) electrons. The summed E-state index contributed by atoms with van der Waals surface area (Å²) in [5.41, 5.74) is 0.704. The van der Waals surface area contributed by atoms with E-state index in [-0.39, 0.29) is 11.7 Å². The maximum Gasteiger partial charge on any atom is 0.303 e. The molecule has 3 aromatic rings. The first kappa shape index (κ1) is 14.8. The number of amides is 1. The van der Waals surface area contributed by atoms with Gasteiger partial charge in [0.15, 0.2) is 5.75 Å². The molecule has 0 unspecified atom stereocenters. The summed E-state index contributed by atoms with van der Waals surface area (Å²) in [6.07, 6.45) is 3.09. The Labute approximate surface area is 134 Å². The van der Waals surface area contributed by atoms with E-state index in [1.165, 1.54) is 11.2 Å². The summed E-state index contributed by atoms with van der Waals surface area (Å²) in [6.45, 7) is 2.31. The van der Waals surface area contributed by atoms with Crippen LogP contribution in [0.2, 0.25) is 0 Å². The fourth-order valence-corrected chi connectivity index (χ4v) is 2.24. The van der Waals surface area contributed by atoms with Crippen LogP contribution in [-0.4, -0.2) is 17.5 Å². The van der Waals surface area contributed by atoms with Crippen molar-refractivity contribution in [3.05, 3.63) is 72.8 Å². The van der Waals surface area contributed by atoms with Gasteiger partial charge in [-0.3, -0.25) is 9.69 Å². The zero-order chi connectivity index (χ0) is 16.1. The summed E-state index contributed by atoms with van der Waals surface area (Å²) < 4.78 is 10.8. The number of anilines is 2. The summed E-state index contributed by atoms with van der Waals surface area (Å²) in [6, 6.07) is 16.3. The number of benzene rings is 1. The Kier molecular flexibility index (Phi) is 4.38. The maximum atomic E-state index is 13.0. The molecule has 1 amide bonds. The van der Waals surface area contributed by atoms with Crippen LogP contribution >= 0.6 is 0 Å². The highest BCUT2D eigenvalue weighted by Gasteiger charge is 2.26. The van der Waals surface area contributed by atoms with Crippen LogP contribution < -0.4 is 9.64 Å². The molecule has 0 saturated heterocycles. The van der Waals surface area contributed by atoms with Gasteiger partial charge in [-0.15, -0.1) is 0 Å². The molecule has 0 aliphatic rings. The van der Waals surface area contributed by atoms with Crippen molar-refractivity contribution >= 4 is 17.4 Å². The molecular weight excluding hydrogens is 292 g/mol. The monoisotopic (exact) mass is 308 g/mol.